The molecule has 1 N–H and O–H groups in total. The standard InChI is InChI=1S/C19H28FN3O3S/c1-15-8-11-22(12-9-15)21-19(24)13-16-3-2-10-23(14-16)27(25,26)18-6-4-17(20)5-7-18/h4-7,15-16H,2-3,8-14H2,1H3,(H,21,24). The number of carbonyl (C=O) groups excluding carboxylic acids is 1. The highest BCUT2D eigenvalue weighted by Crippen LogP contribution is 2.26. The Hall–Kier alpha value is -1.51. The summed E-state index contributed by atoms with van der Waals surface area (Å²) in [5.41, 5.74) is 2.96. The van der Waals surface area contributed by atoms with Crippen LogP contribution in [-0.2, 0) is 14.8 Å². The Morgan fingerprint density at radius 2 is 1.81 bits per heavy atom. The Bertz CT molecular complexity index is 746. The molecule has 0 bridgehead atoms. The summed E-state index contributed by atoms with van der Waals surface area (Å²) < 4.78 is 40.0. The number of piperidine rings is 2. The lowest BCUT2D eigenvalue weighted by molar-refractivity contribution is -0.127. The molecule has 150 valence electrons. The van der Waals surface area contributed by atoms with Crippen LogP contribution in [0.3, 0.4) is 0 Å². The first-order valence-electron chi connectivity index (χ1n) is 9.65. The lowest BCUT2D eigenvalue weighted by atomic mass is 9.96. The summed E-state index contributed by atoms with van der Waals surface area (Å²) in [6.45, 7) is 4.70. The SMILES string of the molecule is CC1CCN(NC(=O)CC2CCCN(S(=O)(=O)c3ccc(F)cc3)C2)CC1. The van der Waals surface area contributed by atoms with Gasteiger partial charge in [0.1, 0.15) is 5.82 Å². The van der Waals surface area contributed by atoms with Crippen LogP contribution in [0.5, 0.6) is 0 Å². The maximum atomic E-state index is 13.1. The first-order chi connectivity index (χ1) is 12.8. The fourth-order valence-electron chi connectivity index (χ4n) is 3.77. The minimum Gasteiger partial charge on any atom is -0.289 e. The maximum absolute atomic E-state index is 13.1. The Morgan fingerprint density at radius 1 is 1.15 bits per heavy atom. The Labute approximate surface area is 160 Å². The molecule has 0 radical (unpaired) electrons. The second kappa shape index (κ2) is 8.67. The Kier molecular flexibility index (Phi) is 6.49. The molecule has 1 aromatic carbocycles. The monoisotopic (exact) mass is 397 g/mol. The van der Waals surface area contributed by atoms with Gasteiger partial charge in [-0.1, -0.05) is 6.92 Å². The van der Waals surface area contributed by atoms with Gasteiger partial charge in [0.15, 0.2) is 0 Å². The number of benzene rings is 1. The predicted octanol–water partition coefficient (Wildman–Crippen LogP) is 2.38. The highest BCUT2D eigenvalue weighted by atomic mass is 32.2. The summed E-state index contributed by atoms with van der Waals surface area (Å²) in [6.07, 6.45) is 4.03. The van der Waals surface area contributed by atoms with E-state index < -0.39 is 15.8 Å². The number of sulfonamides is 1. The van der Waals surface area contributed by atoms with Crippen molar-refractivity contribution < 1.29 is 17.6 Å². The lowest BCUT2D eigenvalue weighted by Crippen LogP contribution is -2.48. The van der Waals surface area contributed by atoms with Crippen molar-refractivity contribution in [1.29, 1.82) is 0 Å². The summed E-state index contributed by atoms with van der Waals surface area (Å²) in [5, 5.41) is 1.97. The van der Waals surface area contributed by atoms with Crippen molar-refractivity contribution in [3.63, 3.8) is 0 Å². The minimum atomic E-state index is -3.66. The summed E-state index contributed by atoms with van der Waals surface area (Å²) in [6, 6.07) is 4.89. The van der Waals surface area contributed by atoms with E-state index in [0.717, 1.165) is 50.9 Å². The van der Waals surface area contributed by atoms with Crippen molar-refractivity contribution >= 4 is 15.9 Å². The number of amides is 1. The molecule has 27 heavy (non-hydrogen) atoms. The lowest BCUT2D eigenvalue weighted by Gasteiger charge is -2.33. The van der Waals surface area contributed by atoms with Crippen LogP contribution in [0, 0.1) is 17.7 Å². The average Bonchev–Trinajstić information content (AvgIpc) is 2.64. The third kappa shape index (κ3) is 5.27. The van der Waals surface area contributed by atoms with Gasteiger partial charge in [-0.25, -0.2) is 17.8 Å². The first-order valence-corrected chi connectivity index (χ1v) is 11.1. The van der Waals surface area contributed by atoms with Gasteiger partial charge in [-0.15, -0.1) is 0 Å². The van der Waals surface area contributed by atoms with Crippen molar-refractivity contribution in [3.05, 3.63) is 30.1 Å². The van der Waals surface area contributed by atoms with E-state index in [-0.39, 0.29) is 16.7 Å². The number of hydrogen-bond donors (Lipinski definition) is 1. The molecule has 3 rings (SSSR count). The summed E-state index contributed by atoms with van der Waals surface area (Å²) in [7, 11) is -3.66. The normalized spacial score (nSPS) is 23.3. The average molecular weight is 398 g/mol. The molecule has 2 heterocycles. The van der Waals surface area contributed by atoms with Crippen LogP contribution in [0.4, 0.5) is 4.39 Å². The molecule has 8 heteroatoms. The number of rotatable bonds is 5. The minimum absolute atomic E-state index is 0.00214. The van der Waals surface area contributed by atoms with Gasteiger partial charge in [0.25, 0.3) is 0 Å². The van der Waals surface area contributed by atoms with Crippen LogP contribution in [0.2, 0.25) is 0 Å². The van der Waals surface area contributed by atoms with E-state index in [0.29, 0.717) is 25.4 Å². The molecule has 0 aromatic heterocycles. The maximum Gasteiger partial charge on any atom is 0.243 e. The zero-order valence-electron chi connectivity index (χ0n) is 15.7. The second-order valence-electron chi connectivity index (χ2n) is 7.73. The molecule has 2 fully saturated rings. The molecule has 6 nitrogen and oxygen atoms in total. The summed E-state index contributed by atoms with van der Waals surface area (Å²) in [5.74, 6) is 0.184. The first kappa shape index (κ1) is 20.2. The Balaban J connectivity index is 1.55. The molecular formula is C19H28FN3O3S. The van der Waals surface area contributed by atoms with Crippen molar-refractivity contribution in [3.8, 4) is 0 Å². The van der Waals surface area contributed by atoms with Gasteiger partial charge in [0.05, 0.1) is 4.90 Å². The zero-order chi connectivity index (χ0) is 19.4. The van der Waals surface area contributed by atoms with E-state index in [2.05, 4.69) is 12.3 Å². The molecule has 1 amide bonds. The predicted molar refractivity (Wildman–Crippen MR) is 101 cm³/mol. The van der Waals surface area contributed by atoms with E-state index in [1.807, 2.05) is 5.01 Å². The molecule has 2 saturated heterocycles. The number of nitrogens with zero attached hydrogens (tertiary/aromatic N) is 2. The van der Waals surface area contributed by atoms with Crippen LogP contribution in [0.25, 0.3) is 0 Å². The molecule has 1 unspecified atom stereocenters. The third-order valence-electron chi connectivity index (χ3n) is 5.47. The topological polar surface area (TPSA) is 69.7 Å². The van der Waals surface area contributed by atoms with Gasteiger partial charge in [-0.3, -0.25) is 10.2 Å². The van der Waals surface area contributed by atoms with Crippen LogP contribution >= 0.6 is 0 Å². The van der Waals surface area contributed by atoms with Gasteiger partial charge >= 0.3 is 0 Å². The van der Waals surface area contributed by atoms with Crippen molar-refractivity contribution in [2.45, 2.75) is 43.9 Å². The van der Waals surface area contributed by atoms with Crippen molar-refractivity contribution in [2.24, 2.45) is 11.8 Å². The number of hydrazine groups is 1. The smallest absolute Gasteiger partial charge is 0.243 e. The number of hydrogen-bond acceptors (Lipinski definition) is 4. The Morgan fingerprint density at radius 3 is 2.48 bits per heavy atom. The number of carbonyl (C=O) groups is 1. The van der Waals surface area contributed by atoms with Crippen LogP contribution in [0.1, 0.15) is 39.0 Å². The zero-order valence-corrected chi connectivity index (χ0v) is 16.5. The van der Waals surface area contributed by atoms with Gasteiger partial charge < -0.3 is 0 Å². The molecule has 0 saturated carbocycles. The van der Waals surface area contributed by atoms with E-state index in [1.165, 1.54) is 16.4 Å². The van der Waals surface area contributed by atoms with Gasteiger partial charge in [0, 0.05) is 32.6 Å². The van der Waals surface area contributed by atoms with Crippen LogP contribution in [-0.4, -0.2) is 49.8 Å². The highest BCUT2D eigenvalue weighted by Gasteiger charge is 2.31. The van der Waals surface area contributed by atoms with Gasteiger partial charge in [0.2, 0.25) is 15.9 Å². The molecule has 2 aliphatic rings. The quantitative estimate of drug-likeness (QED) is 0.828. The van der Waals surface area contributed by atoms with E-state index >= 15 is 0 Å². The molecule has 0 spiro atoms. The second-order valence-corrected chi connectivity index (χ2v) is 9.67. The van der Waals surface area contributed by atoms with E-state index in [9.17, 15) is 17.6 Å². The fraction of sp³-hybridized carbons (Fsp3) is 0.632. The molecular weight excluding hydrogens is 369 g/mol. The molecule has 1 aromatic rings. The molecule has 2 aliphatic heterocycles. The van der Waals surface area contributed by atoms with Gasteiger partial charge in [-0.2, -0.15) is 4.31 Å². The molecule has 0 aliphatic carbocycles. The fourth-order valence-corrected chi connectivity index (χ4v) is 5.33. The molecule has 1 atom stereocenters. The summed E-state index contributed by atoms with van der Waals surface area (Å²) >= 11 is 0. The van der Waals surface area contributed by atoms with E-state index in [4.69, 9.17) is 0 Å². The van der Waals surface area contributed by atoms with Crippen LogP contribution < -0.4 is 5.43 Å². The summed E-state index contributed by atoms with van der Waals surface area (Å²) in [4.78, 5) is 12.5. The third-order valence-corrected chi connectivity index (χ3v) is 7.35. The van der Waals surface area contributed by atoms with Gasteiger partial charge in [-0.05, 0) is 61.8 Å². The largest absolute Gasteiger partial charge is 0.289 e. The van der Waals surface area contributed by atoms with E-state index in [1.54, 1.807) is 0 Å². The van der Waals surface area contributed by atoms with Crippen LogP contribution in [0.15, 0.2) is 29.2 Å². The number of nitrogens with one attached hydrogen (secondary N) is 1. The van der Waals surface area contributed by atoms with Crippen molar-refractivity contribution in [2.75, 3.05) is 26.2 Å². The number of halogens is 1. The highest BCUT2D eigenvalue weighted by molar-refractivity contribution is 7.89. The van der Waals surface area contributed by atoms with Crippen molar-refractivity contribution in [1.82, 2.24) is 14.7 Å².